The van der Waals surface area contributed by atoms with Crippen LogP contribution >= 0.6 is 0 Å². The van der Waals surface area contributed by atoms with Crippen LogP contribution in [0.5, 0.6) is 0 Å². The number of nitrogens with one attached hydrogen (secondary N) is 1. The molecule has 1 amide bonds. The third-order valence-corrected chi connectivity index (χ3v) is 6.64. The summed E-state index contributed by atoms with van der Waals surface area (Å²) in [7, 11) is 0. The molecule has 0 spiro atoms. The number of likely N-dealkylation sites (tertiary alicyclic amines) is 2. The molecule has 32 heavy (non-hydrogen) atoms. The number of pyridine rings is 1. The highest BCUT2D eigenvalue weighted by atomic mass is 16.2. The van der Waals surface area contributed by atoms with Gasteiger partial charge in [0.15, 0.2) is 5.65 Å². The van der Waals surface area contributed by atoms with E-state index < -0.39 is 11.2 Å². The van der Waals surface area contributed by atoms with Crippen LogP contribution in [0.3, 0.4) is 0 Å². The highest BCUT2D eigenvalue weighted by Gasteiger charge is 2.33. The largest absolute Gasteiger partial charge is 0.334 e. The van der Waals surface area contributed by atoms with E-state index >= 15 is 0 Å². The van der Waals surface area contributed by atoms with E-state index in [4.69, 9.17) is 0 Å². The monoisotopic (exact) mass is 441 g/mol. The Hall–Kier alpha value is -2.48. The summed E-state index contributed by atoms with van der Waals surface area (Å²) in [4.78, 5) is 50.9. The van der Waals surface area contributed by atoms with E-state index in [2.05, 4.69) is 14.9 Å². The topological polar surface area (TPSA) is 91.3 Å². The van der Waals surface area contributed by atoms with Crippen LogP contribution in [0.15, 0.2) is 15.7 Å². The molecule has 174 valence electrons. The zero-order valence-electron chi connectivity index (χ0n) is 19.7. The molecule has 0 bridgehead atoms. The van der Waals surface area contributed by atoms with E-state index in [0.717, 1.165) is 38.2 Å². The number of fused-ring (bicyclic) bond motifs is 1. The van der Waals surface area contributed by atoms with E-state index in [1.807, 2.05) is 32.6 Å². The van der Waals surface area contributed by atoms with E-state index in [1.165, 1.54) is 17.4 Å². The molecular weight excluding hydrogens is 406 g/mol. The fourth-order valence-electron chi connectivity index (χ4n) is 5.00. The van der Waals surface area contributed by atoms with Gasteiger partial charge < -0.3 is 9.80 Å². The Balaban J connectivity index is 1.82. The molecule has 0 aliphatic carbocycles. The fourth-order valence-corrected chi connectivity index (χ4v) is 5.00. The van der Waals surface area contributed by atoms with Crippen LogP contribution in [0.25, 0.3) is 11.0 Å². The molecule has 1 N–H and O–H groups in total. The van der Waals surface area contributed by atoms with Crippen molar-refractivity contribution in [3.05, 3.63) is 38.2 Å². The van der Waals surface area contributed by atoms with Crippen LogP contribution in [0.4, 0.5) is 0 Å². The average molecular weight is 442 g/mol. The Morgan fingerprint density at radius 1 is 1.12 bits per heavy atom. The molecule has 2 aromatic heterocycles. The van der Waals surface area contributed by atoms with Crippen LogP contribution in [-0.2, 0) is 6.54 Å². The summed E-state index contributed by atoms with van der Waals surface area (Å²) in [5.41, 5.74) is 0.393. The number of hydrogen-bond acceptors (Lipinski definition) is 5. The number of carbonyl (C=O) groups is 1. The summed E-state index contributed by atoms with van der Waals surface area (Å²) >= 11 is 0. The van der Waals surface area contributed by atoms with Gasteiger partial charge >= 0.3 is 5.69 Å². The first-order chi connectivity index (χ1) is 15.3. The minimum absolute atomic E-state index is 0.0619. The zero-order valence-corrected chi connectivity index (χ0v) is 19.7. The number of hydrogen-bond donors (Lipinski definition) is 1. The van der Waals surface area contributed by atoms with Gasteiger partial charge in [0.2, 0.25) is 0 Å². The Bertz CT molecular complexity index is 1110. The first kappa shape index (κ1) is 22.7. The molecule has 2 aliphatic heterocycles. The molecular formula is C24H35N5O3. The number of aromatic nitrogens is 3. The number of H-pyrrole nitrogens is 1. The van der Waals surface area contributed by atoms with Crippen molar-refractivity contribution in [3.63, 3.8) is 0 Å². The van der Waals surface area contributed by atoms with Crippen molar-refractivity contribution in [2.75, 3.05) is 26.2 Å². The number of nitrogens with zero attached hydrogens (tertiary/aromatic N) is 4. The van der Waals surface area contributed by atoms with Crippen molar-refractivity contribution >= 4 is 16.9 Å². The van der Waals surface area contributed by atoms with Crippen LogP contribution in [0.2, 0.25) is 0 Å². The molecule has 4 rings (SSSR count). The van der Waals surface area contributed by atoms with Crippen molar-refractivity contribution in [1.29, 1.82) is 0 Å². The van der Waals surface area contributed by atoms with E-state index in [9.17, 15) is 14.4 Å². The fraction of sp³-hybridized carbons (Fsp3) is 0.667. The number of rotatable bonds is 6. The van der Waals surface area contributed by atoms with Gasteiger partial charge in [-0.15, -0.1) is 0 Å². The third-order valence-electron chi connectivity index (χ3n) is 6.64. The first-order valence-corrected chi connectivity index (χ1v) is 12.0. The summed E-state index contributed by atoms with van der Waals surface area (Å²) in [5, 5.41) is 0.228. The summed E-state index contributed by atoms with van der Waals surface area (Å²) in [6.45, 7) is 12.2. The van der Waals surface area contributed by atoms with Gasteiger partial charge in [0.05, 0.1) is 10.9 Å². The van der Waals surface area contributed by atoms with Gasteiger partial charge in [0, 0.05) is 31.4 Å². The molecule has 1 atom stereocenters. The van der Waals surface area contributed by atoms with Crippen molar-refractivity contribution in [1.82, 2.24) is 24.3 Å². The van der Waals surface area contributed by atoms with E-state index in [1.54, 1.807) is 6.07 Å². The van der Waals surface area contributed by atoms with Crippen LogP contribution in [0.1, 0.15) is 75.3 Å². The van der Waals surface area contributed by atoms with Crippen LogP contribution in [-0.4, -0.2) is 62.5 Å². The normalized spacial score (nSPS) is 19.7. The molecule has 0 aromatic carbocycles. The molecule has 2 aromatic rings. The predicted octanol–water partition coefficient (Wildman–Crippen LogP) is 2.56. The quantitative estimate of drug-likeness (QED) is 0.744. The van der Waals surface area contributed by atoms with Gasteiger partial charge in [0.25, 0.3) is 11.5 Å². The van der Waals surface area contributed by atoms with Crippen LogP contribution in [0, 0.1) is 5.92 Å². The van der Waals surface area contributed by atoms with Gasteiger partial charge in [-0.3, -0.25) is 19.1 Å². The minimum atomic E-state index is -0.536. The molecule has 0 radical (unpaired) electrons. The standard InChI is InChI=1S/C24H35N5O3/c1-15(2)13-29-21-20(22(30)26-24(29)32)18(12-19(25-21)16(3)4)23(31)28-11-7-8-17(28)14-27-9-5-6-10-27/h12,15-17H,5-11,13-14H2,1-4H3,(H,26,30,32). The lowest BCUT2D eigenvalue weighted by molar-refractivity contribution is 0.0710. The molecule has 2 saturated heterocycles. The lowest BCUT2D eigenvalue weighted by atomic mass is 10.0. The van der Waals surface area contributed by atoms with Gasteiger partial charge in [-0.05, 0) is 56.7 Å². The Labute approximate surface area is 188 Å². The molecule has 1 unspecified atom stereocenters. The molecule has 8 nitrogen and oxygen atoms in total. The van der Waals surface area contributed by atoms with E-state index in [-0.39, 0.29) is 29.2 Å². The molecule has 2 fully saturated rings. The van der Waals surface area contributed by atoms with E-state index in [0.29, 0.717) is 24.3 Å². The number of aromatic amines is 1. The molecule has 2 aliphatic rings. The SMILES string of the molecule is CC(C)Cn1c(=O)[nH]c(=O)c2c(C(=O)N3CCCC3CN3CCCC3)cc(C(C)C)nc21. The second kappa shape index (κ2) is 9.17. The van der Waals surface area contributed by atoms with Gasteiger partial charge in [0.1, 0.15) is 0 Å². The molecule has 8 heteroatoms. The van der Waals surface area contributed by atoms with Gasteiger partial charge in [-0.1, -0.05) is 27.7 Å². The van der Waals surface area contributed by atoms with Gasteiger partial charge in [-0.2, -0.15) is 0 Å². The Morgan fingerprint density at radius 3 is 2.50 bits per heavy atom. The van der Waals surface area contributed by atoms with Crippen molar-refractivity contribution in [2.24, 2.45) is 5.92 Å². The van der Waals surface area contributed by atoms with Crippen molar-refractivity contribution in [3.8, 4) is 0 Å². The number of carbonyl (C=O) groups excluding carboxylic acids is 1. The zero-order chi connectivity index (χ0) is 23.0. The maximum atomic E-state index is 13.8. The molecule has 4 heterocycles. The minimum Gasteiger partial charge on any atom is -0.334 e. The lowest BCUT2D eigenvalue weighted by Gasteiger charge is -2.29. The summed E-state index contributed by atoms with van der Waals surface area (Å²) in [6.07, 6.45) is 4.39. The second-order valence-corrected chi connectivity index (χ2v) is 10.0. The highest BCUT2D eigenvalue weighted by Crippen LogP contribution is 2.26. The van der Waals surface area contributed by atoms with Crippen molar-refractivity contribution < 1.29 is 4.79 Å². The summed E-state index contributed by atoms with van der Waals surface area (Å²) in [5.74, 6) is 0.127. The molecule has 0 saturated carbocycles. The average Bonchev–Trinajstić information content (AvgIpc) is 3.42. The first-order valence-electron chi connectivity index (χ1n) is 12.0. The second-order valence-electron chi connectivity index (χ2n) is 10.0. The Morgan fingerprint density at radius 2 is 1.84 bits per heavy atom. The predicted molar refractivity (Wildman–Crippen MR) is 125 cm³/mol. The Kier molecular flexibility index (Phi) is 6.51. The van der Waals surface area contributed by atoms with Crippen LogP contribution < -0.4 is 11.2 Å². The van der Waals surface area contributed by atoms with Crippen molar-refractivity contribution in [2.45, 2.75) is 71.9 Å². The summed E-state index contributed by atoms with van der Waals surface area (Å²) < 4.78 is 1.51. The summed E-state index contributed by atoms with van der Waals surface area (Å²) in [6, 6.07) is 1.92. The maximum absolute atomic E-state index is 13.8. The highest BCUT2D eigenvalue weighted by molar-refractivity contribution is 6.05. The van der Waals surface area contributed by atoms with Gasteiger partial charge in [-0.25, -0.2) is 9.78 Å². The third kappa shape index (κ3) is 4.37. The number of amides is 1. The lowest BCUT2D eigenvalue weighted by Crippen LogP contribution is -2.43. The smallest absolute Gasteiger partial charge is 0.330 e. The maximum Gasteiger partial charge on any atom is 0.330 e.